The maximum atomic E-state index is 12.4. The van der Waals surface area contributed by atoms with Crippen molar-refractivity contribution in [3.63, 3.8) is 0 Å². The van der Waals surface area contributed by atoms with Crippen molar-refractivity contribution in [3.05, 3.63) is 53.6 Å². The molecule has 2 aromatic rings. The van der Waals surface area contributed by atoms with E-state index < -0.39 is 0 Å². The molecule has 0 saturated carbocycles. The molecule has 2 rings (SSSR count). The zero-order valence-electron chi connectivity index (χ0n) is 16.2. The van der Waals surface area contributed by atoms with Crippen molar-refractivity contribution in [3.8, 4) is 17.2 Å². The van der Waals surface area contributed by atoms with Gasteiger partial charge in [0.15, 0.2) is 11.5 Å². The number of hydrogen-bond donors (Lipinski definition) is 2. The van der Waals surface area contributed by atoms with Crippen LogP contribution in [0.2, 0.25) is 0 Å². The summed E-state index contributed by atoms with van der Waals surface area (Å²) in [5.74, 6) is 1.88. The first-order valence-electron chi connectivity index (χ1n) is 9.22. The van der Waals surface area contributed by atoms with Crippen LogP contribution in [-0.4, -0.2) is 39.3 Å². The highest BCUT2D eigenvalue weighted by molar-refractivity contribution is 5.94. The predicted molar refractivity (Wildman–Crippen MR) is 106 cm³/mol. The van der Waals surface area contributed by atoms with Gasteiger partial charge in [0.25, 0.3) is 5.91 Å². The molecule has 0 unspecified atom stereocenters. The molecule has 0 fully saturated rings. The molecule has 0 aliphatic carbocycles. The van der Waals surface area contributed by atoms with E-state index >= 15 is 0 Å². The summed E-state index contributed by atoms with van der Waals surface area (Å²) in [6.45, 7) is 6.71. The minimum Gasteiger partial charge on any atom is -0.492 e. The summed E-state index contributed by atoms with van der Waals surface area (Å²) in [7, 11) is 1.89. The van der Waals surface area contributed by atoms with Gasteiger partial charge in [-0.05, 0) is 56.8 Å². The zero-order chi connectivity index (χ0) is 19.5. The number of nitrogens with one attached hydrogen (secondary N) is 2. The smallest absolute Gasteiger partial charge is 0.251 e. The maximum absolute atomic E-state index is 12.4. The standard InChI is InChI=1S/C21H28N2O4/c1-4-25-19-11-8-17(14-20(19)26-5-2)21(24)23-15-16-6-9-18(10-7-16)27-13-12-22-3/h6-11,14,22H,4-5,12-13,15H2,1-3H3,(H,23,24). The second kappa shape index (κ2) is 11.1. The highest BCUT2D eigenvalue weighted by atomic mass is 16.5. The molecule has 0 saturated heterocycles. The predicted octanol–water partition coefficient (Wildman–Crippen LogP) is 3.01. The number of carbonyl (C=O) groups is 1. The van der Waals surface area contributed by atoms with E-state index in [9.17, 15) is 4.79 Å². The molecule has 146 valence electrons. The molecule has 0 heterocycles. The van der Waals surface area contributed by atoms with Gasteiger partial charge in [-0.25, -0.2) is 0 Å². The highest BCUT2D eigenvalue weighted by Crippen LogP contribution is 2.28. The molecule has 0 bridgehead atoms. The van der Waals surface area contributed by atoms with Gasteiger partial charge in [0.2, 0.25) is 0 Å². The van der Waals surface area contributed by atoms with Crippen molar-refractivity contribution >= 4 is 5.91 Å². The fraction of sp³-hybridized carbons (Fsp3) is 0.381. The summed E-state index contributed by atoms with van der Waals surface area (Å²) >= 11 is 0. The monoisotopic (exact) mass is 372 g/mol. The van der Waals surface area contributed by atoms with E-state index in [4.69, 9.17) is 14.2 Å². The Labute approximate surface area is 160 Å². The Bertz CT molecular complexity index is 717. The molecular formula is C21H28N2O4. The van der Waals surface area contributed by atoms with Gasteiger partial charge in [-0.1, -0.05) is 12.1 Å². The normalized spacial score (nSPS) is 10.3. The first kappa shape index (κ1) is 20.6. The molecule has 0 aliphatic rings. The van der Waals surface area contributed by atoms with Gasteiger partial charge >= 0.3 is 0 Å². The SMILES string of the molecule is CCOc1ccc(C(=O)NCc2ccc(OCCNC)cc2)cc1OCC. The lowest BCUT2D eigenvalue weighted by Crippen LogP contribution is -2.22. The summed E-state index contributed by atoms with van der Waals surface area (Å²) < 4.78 is 16.7. The molecule has 1 amide bonds. The van der Waals surface area contributed by atoms with E-state index in [-0.39, 0.29) is 5.91 Å². The van der Waals surface area contributed by atoms with E-state index in [1.807, 2.05) is 45.2 Å². The lowest BCUT2D eigenvalue weighted by atomic mass is 10.1. The van der Waals surface area contributed by atoms with Crippen LogP contribution in [0.3, 0.4) is 0 Å². The molecule has 6 nitrogen and oxygen atoms in total. The highest BCUT2D eigenvalue weighted by Gasteiger charge is 2.11. The fourth-order valence-electron chi connectivity index (χ4n) is 2.45. The zero-order valence-corrected chi connectivity index (χ0v) is 16.2. The van der Waals surface area contributed by atoms with E-state index in [1.165, 1.54) is 0 Å². The van der Waals surface area contributed by atoms with Crippen molar-refractivity contribution in [2.45, 2.75) is 20.4 Å². The van der Waals surface area contributed by atoms with Gasteiger partial charge in [0.1, 0.15) is 12.4 Å². The van der Waals surface area contributed by atoms with Crippen LogP contribution < -0.4 is 24.8 Å². The lowest BCUT2D eigenvalue weighted by molar-refractivity contribution is 0.0950. The summed E-state index contributed by atoms with van der Waals surface area (Å²) in [6, 6.07) is 12.9. The molecule has 2 N–H and O–H groups in total. The fourth-order valence-corrected chi connectivity index (χ4v) is 2.45. The third-order valence-corrected chi connectivity index (χ3v) is 3.80. The minimum atomic E-state index is -0.159. The van der Waals surface area contributed by atoms with E-state index in [2.05, 4.69) is 10.6 Å². The molecule has 0 aliphatic heterocycles. The van der Waals surface area contributed by atoms with Crippen LogP contribution in [0.15, 0.2) is 42.5 Å². The number of likely N-dealkylation sites (N-methyl/N-ethyl adjacent to an activating group) is 1. The van der Waals surface area contributed by atoms with Gasteiger partial charge in [0.05, 0.1) is 13.2 Å². The maximum Gasteiger partial charge on any atom is 0.251 e. The third-order valence-electron chi connectivity index (χ3n) is 3.80. The van der Waals surface area contributed by atoms with Crippen molar-refractivity contribution in [2.24, 2.45) is 0 Å². The summed E-state index contributed by atoms with van der Waals surface area (Å²) in [6.07, 6.45) is 0. The van der Waals surface area contributed by atoms with E-state index in [0.717, 1.165) is 17.9 Å². The van der Waals surface area contributed by atoms with Gasteiger partial charge in [-0.15, -0.1) is 0 Å². The average Bonchev–Trinajstić information content (AvgIpc) is 2.69. The molecule has 27 heavy (non-hydrogen) atoms. The third kappa shape index (κ3) is 6.49. The van der Waals surface area contributed by atoms with Crippen molar-refractivity contribution < 1.29 is 19.0 Å². The first-order valence-corrected chi connectivity index (χ1v) is 9.22. The molecular weight excluding hydrogens is 344 g/mol. The topological polar surface area (TPSA) is 68.8 Å². The Morgan fingerprint density at radius 1 is 0.926 bits per heavy atom. The van der Waals surface area contributed by atoms with Crippen LogP contribution >= 0.6 is 0 Å². The second-order valence-electron chi connectivity index (χ2n) is 5.81. The Morgan fingerprint density at radius 2 is 1.63 bits per heavy atom. The van der Waals surface area contributed by atoms with Crippen LogP contribution in [0.25, 0.3) is 0 Å². The molecule has 2 aromatic carbocycles. The Balaban J connectivity index is 1.93. The van der Waals surface area contributed by atoms with Gasteiger partial charge in [-0.3, -0.25) is 4.79 Å². The molecule has 0 radical (unpaired) electrons. The minimum absolute atomic E-state index is 0.159. The van der Waals surface area contributed by atoms with E-state index in [1.54, 1.807) is 18.2 Å². The van der Waals surface area contributed by atoms with Crippen LogP contribution in [0, 0.1) is 0 Å². The quantitative estimate of drug-likeness (QED) is 0.594. The number of hydrogen-bond acceptors (Lipinski definition) is 5. The Morgan fingerprint density at radius 3 is 2.30 bits per heavy atom. The molecule has 0 aromatic heterocycles. The van der Waals surface area contributed by atoms with Crippen LogP contribution in [-0.2, 0) is 6.54 Å². The van der Waals surface area contributed by atoms with Crippen LogP contribution in [0.5, 0.6) is 17.2 Å². The number of amides is 1. The van der Waals surface area contributed by atoms with Gasteiger partial charge in [-0.2, -0.15) is 0 Å². The largest absolute Gasteiger partial charge is 0.492 e. The van der Waals surface area contributed by atoms with Crippen LogP contribution in [0.4, 0.5) is 0 Å². The molecule has 0 atom stereocenters. The first-order chi connectivity index (χ1) is 13.2. The lowest BCUT2D eigenvalue weighted by Gasteiger charge is -2.12. The Kier molecular flexibility index (Phi) is 8.45. The Hall–Kier alpha value is -2.73. The van der Waals surface area contributed by atoms with Crippen molar-refractivity contribution in [1.82, 2.24) is 10.6 Å². The van der Waals surface area contributed by atoms with Gasteiger partial charge in [0, 0.05) is 18.7 Å². The summed E-state index contributed by atoms with van der Waals surface area (Å²) in [5, 5.41) is 5.95. The number of ether oxygens (including phenoxy) is 3. The number of benzene rings is 2. The van der Waals surface area contributed by atoms with Crippen molar-refractivity contribution in [1.29, 1.82) is 0 Å². The number of carbonyl (C=O) groups excluding carboxylic acids is 1. The van der Waals surface area contributed by atoms with Gasteiger partial charge < -0.3 is 24.8 Å². The van der Waals surface area contributed by atoms with E-state index in [0.29, 0.717) is 43.4 Å². The number of rotatable bonds is 11. The van der Waals surface area contributed by atoms with Crippen molar-refractivity contribution in [2.75, 3.05) is 33.4 Å². The summed E-state index contributed by atoms with van der Waals surface area (Å²) in [5.41, 5.74) is 1.54. The molecule has 0 spiro atoms. The second-order valence-corrected chi connectivity index (χ2v) is 5.81. The average molecular weight is 372 g/mol. The molecule has 6 heteroatoms. The van der Waals surface area contributed by atoms with Crippen LogP contribution in [0.1, 0.15) is 29.8 Å². The summed E-state index contributed by atoms with van der Waals surface area (Å²) in [4.78, 5) is 12.4.